The number of benzene rings is 1. The molecule has 1 fully saturated rings. The summed E-state index contributed by atoms with van der Waals surface area (Å²) in [4.78, 5) is 21.3. The molecule has 0 bridgehead atoms. The Morgan fingerprint density at radius 1 is 1.00 bits per heavy atom. The maximum atomic E-state index is 12.2. The van der Waals surface area contributed by atoms with Crippen LogP contribution in [0, 0.1) is 0 Å². The fourth-order valence-corrected chi connectivity index (χ4v) is 3.35. The molecule has 1 aliphatic heterocycles. The van der Waals surface area contributed by atoms with Crippen LogP contribution in [0.5, 0.6) is 0 Å². The zero-order chi connectivity index (χ0) is 19.1. The molecule has 0 saturated carbocycles. The van der Waals surface area contributed by atoms with Crippen LogP contribution in [0.4, 0.5) is 5.82 Å². The van der Waals surface area contributed by atoms with E-state index in [4.69, 9.17) is 0 Å². The first kappa shape index (κ1) is 19.4. The summed E-state index contributed by atoms with van der Waals surface area (Å²) in [6.45, 7) is 3.68. The first-order chi connectivity index (χ1) is 13.1. The highest BCUT2D eigenvalue weighted by atomic mass is 16.1. The van der Waals surface area contributed by atoms with Gasteiger partial charge in [-0.05, 0) is 56.8 Å². The highest BCUT2D eigenvalue weighted by molar-refractivity contribution is 5.94. The van der Waals surface area contributed by atoms with Gasteiger partial charge in [0.2, 0.25) is 0 Å². The van der Waals surface area contributed by atoms with E-state index in [1.165, 1.54) is 25.7 Å². The maximum Gasteiger partial charge on any atom is 0.251 e. The van der Waals surface area contributed by atoms with Crippen molar-refractivity contribution in [3.05, 3.63) is 48.2 Å². The summed E-state index contributed by atoms with van der Waals surface area (Å²) >= 11 is 0. The van der Waals surface area contributed by atoms with Crippen LogP contribution in [0.15, 0.2) is 42.6 Å². The van der Waals surface area contributed by atoms with Gasteiger partial charge in [0.1, 0.15) is 5.82 Å². The number of likely N-dealkylation sites (N-methyl/N-ethyl adjacent to an activating group) is 1. The van der Waals surface area contributed by atoms with E-state index in [9.17, 15) is 4.79 Å². The van der Waals surface area contributed by atoms with Crippen LogP contribution < -0.4 is 10.2 Å². The van der Waals surface area contributed by atoms with E-state index in [-0.39, 0.29) is 5.91 Å². The summed E-state index contributed by atoms with van der Waals surface area (Å²) in [5.74, 6) is 1.04. The maximum absolute atomic E-state index is 12.2. The smallest absolute Gasteiger partial charge is 0.251 e. The summed E-state index contributed by atoms with van der Waals surface area (Å²) < 4.78 is 0. The monoisotopic (exact) mass is 366 g/mol. The Morgan fingerprint density at radius 2 is 1.67 bits per heavy atom. The number of rotatable bonds is 6. The van der Waals surface area contributed by atoms with Crippen molar-refractivity contribution in [3.8, 4) is 11.1 Å². The van der Waals surface area contributed by atoms with Crippen molar-refractivity contribution in [2.75, 3.05) is 45.2 Å². The summed E-state index contributed by atoms with van der Waals surface area (Å²) in [6.07, 6.45) is 7.09. The lowest BCUT2D eigenvalue weighted by Crippen LogP contribution is -2.31. The molecule has 1 aliphatic rings. The van der Waals surface area contributed by atoms with Crippen LogP contribution in [0.1, 0.15) is 36.0 Å². The average Bonchev–Trinajstić information content (AvgIpc) is 2.97. The van der Waals surface area contributed by atoms with Crippen molar-refractivity contribution in [3.63, 3.8) is 0 Å². The first-order valence-electron chi connectivity index (χ1n) is 9.88. The molecule has 1 aromatic heterocycles. The van der Waals surface area contributed by atoms with Crippen LogP contribution in [0.2, 0.25) is 0 Å². The molecule has 0 aliphatic carbocycles. The molecule has 1 aromatic carbocycles. The second-order valence-electron chi connectivity index (χ2n) is 7.44. The van der Waals surface area contributed by atoms with Crippen molar-refractivity contribution in [2.45, 2.75) is 25.7 Å². The zero-order valence-electron chi connectivity index (χ0n) is 16.4. The van der Waals surface area contributed by atoms with E-state index in [0.717, 1.165) is 36.6 Å². The minimum Gasteiger partial charge on any atom is -0.357 e. The molecule has 3 rings (SSSR count). The quantitative estimate of drug-likeness (QED) is 0.851. The van der Waals surface area contributed by atoms with Gasteiger partial charge in [-0.3, -0.25) is 4.79 Å². The van der Waals surface area contributed by atoms with Gasteiger partial charge >= 0.3 is 0 Å². The van der Waals surface area contributed by atoms with Gasteiger partial charge in [-0.1, -0.05) is 25.0 Å². The molecular formula is C22H30N4O. The second kappa shape index (κ2) is 9.51. The molecule has 5 nitrogen and oxygen atoms in total. The average molecular weight is 367 g/mol. The number of hydrogen-bond acceptors (Lipinski definition) is 4. The SMILES string of the molecule is CN(C)CCNC(=O)c1ccc(-c2ccc(N3CCCCCC3)nc2)cc1. The number of amides is 1. The molecular weight excluding hydrogens is 336 g/mol. The van der Waals surface area contributed by atoms with Crippen molar-refractivity contribution >= 4 is 11.7 Å². The zero-order valence-corrected chi connectivity index (χ0v) is 16.4. The van der Waals surface area contributed by atoms with Crippen LogP contribution in [-0.4, -0.2) is 56.1 Å². The van der Waals surface area contributed by atoms with Crippen molar-refractivity contribution < 1.29 is 4.79 Å². The number of hydrogen-bond donors (Lipinski definition) is 1. The highest BCUT2D eigenvalue weighted by Crippen LogP contribution is 2.23. The van der Waals surface area contributed by atoms with Gasteiger partial charge in [0.15, 0.2) is 0 Å². The summed E-state index contributed by atoms with van der Waals surface area (Å²) in [6, 6.07) is 12.0. The highest BCUT2D eigenvalue weighted by Gasteiger charge is 2.11. The van der Waals surface area contributed by atoms with Crippen LogP contribution in [0.3, 0.4) is 0 Å². The third-order valence-electron chi connectivity index (χ3n) is 5.00. The molecule has 2 aromatic rings. The standard InChI is InChI=1S/C22H30N4O/c1-25(2)16-13-23-22(27)19-9-7-18(8-10-19)20-11-12-21(24-17-20)26-14-5-3-4-6-15-26/h7-12,17H,3-6,13-16H2,1-2H3,(H,23,27). The van der Waals surface area contributed by atoms with Gasteiger partial charge in [-0.2, -0.15) is 0 Å². The van der Waals surface area contributed by atoms with E-state index in [1.807, 2.05) is 49.5 Å². The van der Waals surface area contributed by atoms with Crippen LogP contribution >= 0.6 is 0 Å². The Bertz CT molecular complexity index is 717. The van der Waals surface area contributed by atoms with E-state index < -0.39 is 0 Å². The molecule has 0 spiro atoms. The molecule has 1 amide bonds. The molecule has 144 valence electrons. The lowest BCUT2D eigenvalue weighted by molar-refractivity contribution is 0.0951. The lowest BCUT2D eigenvalue weighted by Gasteiger charge is -2.21. The largest absolute Gasteiger partial charge is 0.357 e. The van der Waals surface area contributed by atoms with Crippen molar-refractivity contribution in [1.29, 1.82) is 0 Å². The third-order valence-corrected chi connectivity index (χ3v) is 5.00. The van der Waals surface area contributed by atoms with E-state index >= 15 is 0 Å². The summed E-state index contributed by atoms with van der Waals surface area (Å²) in [7, 11) is 3.99. The van der Waals surface area contributed by atoms with E-state index in [0.29, 0.717) is 12.1 Å². The van der Waals surface area contributed by atoms with Gasteiger partial charge < -0.3 is 15.1 Å². The number of carbonyl (C=O) groups is 1. The van der Waals surface area contributed by atoms with Crippen molar-refractivity contribution in [2.24, 2.45) is 0 Å². The molecule has 1 N–H and O–H groups in total. The first-order valence-corrected chi connectivity index (χ1v) is 9.88. The Hall–Kier alpha value is -2.40. The van der Waals surface area contributed by atoms with E-state index in [2.05, 4.69) is 27.3 Å². The number of pyridine rings is 1. The molecule has 0 unspecified atom stereocenters. The third kappa shape index (κ3) is 5.54. The Kier molecular flexibility index (Phi) is 6.82. The number of anilines is 1. The fourth-order valence-electron chi connectivity index (χ4n) is 3.35. The van der Waals surface area contributed by atoms with Gasteiger partial charge in [-0.15, -0.1) is 0 Å². The van der Waals surface area contributed by atoms with Gasteiger partial charge in [0.05, 0.1) is 0 Å². The van der Waals surface area contributed by atoms with Gasteiger partial charge in [-0.25, -0.2) is 4.98 Å². The fraction of sp³-hybridized carbons (Fsp3) is 0.455. The predicted octanol–water partition coefficient (Wildman–Crippen LogP) is 3.42. The molecule has 0 atom stereocenters. The van der Waals surface area contributed by atoms with Crippen LogP contribution in [-0.2, 0) is 0 Å². The predicted molar refractivity (Wildman–Crippen MR) is 111 cm³/mol. The molecule has 5 heteroatoms. The number of carbonyl (C=O) groups excluding carboxylic acids is 1. The number of aromatic nitrogens is 1. The molecule has 2 heterocycles. The lowest BCUT2D eigenvalue weighted by atomic mass is 10.1. The molecule has 1 saturated heterocycles. The van der Waals surface area contributed by atoms with Crippen molar-refractivity contribution in [1.82, 2.24) is 15.2 Å². The summed E-state index contributed by atoms with van der Waals surface area (Å²) in [5, 5.41) is 2.94. The number of nitrogens with one attached hydrogen (secondary N) is 1. The van der Waals surface area contributed by atoms with E-state index in [1.54, 1.807) is 0 Å². The topological polar surface area (TPSA) is 48.5 Å². The van der Waals surface area contributed by atoms with Gasteiger partial charge in [0, 0.05) is 43.5 Å². The Labute approximate surface area is 162 Å². The van der Waals surface area contributed by atoms with Crippen LogP contribution in [0.25, 0.3) is 11.1 Å². The second-order valence-corrected chi connectivity index (χ2v) is 7.44. The normalized spacial score (nSPS) is 14.9. The minimum atomic E-state index is -0.0296. The molecule has 27 heavy (non-hydrogen) atoms. The molecule has 0 radical (unpaired) electrons. The summed E-state index contributed by atoms with van der Waals surface area (Å²) in [5.41, 5.74) is 2.84. The Morgan fingerprint density at radius 3 is 2.26 bits per heavy atom. The van der Waals surface area contributed by atoms with Gasteiger partial charge in [0.25, 0.3) is 5.91 Å². The minimum absolute atomic E-state index is 0.0296. The number of nitrogens with zero attached hydrogens (tertiary/aromatic N) is 3. The Balaban J connectivity index is 1.62.